The van der Waals surface area contributed by atoms with Crippen LogP contribution in [0, 0.1) is 13.8 Å². The van der Waals surface area contributed by atoms with Crippen LogP contribution in [-0.2, 0) is 6.42 Å². The number of ether oxygens (including phenoxy) is 1. The summed E-state index contributed by atoms with van der Waals surface area (Å²) in [6.07, 6.45) is 2.68. The first-order chi connectivity index (χ1) is 13.8. The molecule has 0 aliphatic heterocycles. The fraction of sp³-hybridized carbons (Fsp3) is 0.350. The molecule has 0 aliphatic rings. The lowest BCUT2D eigenvalue weighted by Gasteiger charge is -2.09. The van der Waals surface area contributed by atoms with Crippen LogP contribution in [0.2, 0.25) is 5.02 Å². The molecular formula is C20H23ClN4O3S. The number of thiazole rings is 1. The molecule has 0 spiro atoms. The Hall–Kier alpha value is -2.58. The second-order valence-corrected chi connectivity index (χ2v) is 8.08. The largest absolute Gasteiger partial charge is 0.495 e. The van der Waals surface area contributed by atoms with Crippen molar-refractivity contribution in [1.82, 2.24) is 14.8 Å². The Morgan fingerprint density at radius 2 is 2.14 bits per heavy atom. The highest BCUT2D eigenvalue weighted by Gasteiger charge is 2.20. The van der Waals surface area contributed by atoms with Gasteiger partial charge < -0.3 is 10.1 Å². The van der Waals surface area contributed by atoms with Gasteiger partial charge in [-0.2, -0.15) is 4.68 Å². The minimum Gasteiger partial charge on any atom is -0.495 e. The summed E-state index contributed by atoms with van der Waals surface area (Å²) in [6.45, 7) is 5.70. The number of hydrogen-bond acceptors (Lipinski definition) is 5. The minimum absolute atomic E-state index is 0.117. The highest BCUT2D eigenvalue weighted by molar-refractivity contribution is 7.16. The number of carbonyl (C=O) groups is 1. The van der Waals surface area contributed by atoms with Crippen molar-refractivity contribution in [2.24, 2.45) is 0 Å². The zero-order valence-corrected chi connectivity index (χ0v) is 18.3. The summed E-state index contributed by atoms with van der Waals surface area (Å²) in [5, 5.41) is 6.80. The number of methoxy groups -OCH3 is 1. The molecule has 9 heteroatoms. The third-order valence-electron chi connectivity index (χ3n) is 4.57. The zero-order valence-electron chi connectivity index (χ0n) is 16.8. The van der Waals surface area contributed by atoms with Gasteiger partial charge in [0, 0.05) is 16.3 Å². The number of rotatable bonds is 7. The van der Waals surface area contributed by atoms with Crippen molar-refractivity contribution in [2.45, 2.75) is 40.0 Å². The SMILES string of the molecule is CCCCc1c(C)[nH]n(-c2nc(C)c(C(=O)Nc3cc(Cl)ccc3OC)s2)c1=O. The van der Waals surface area contributed by atoms with Crippen molar-refractivity contribution in [3.8, 4) is 10.9 Å². The normalized spacial score (nSPS) is 10.9. The van der Waals surface area contributed by atoms with Gasteiger partial charge in [-0.15, -0.1) is 0 Å². The van der Waals surface area contributed by atoms with E-state index in [9.17, 15) is 9.59 Å². The molecule has 0 fully saturated rings. The molecule has 0 aliphatic carbocycles. The van der Waals surface area contributed by atoms with Crippen molar-refractivity contribution >= 4 is 34.5 Å². The van der Waals surface area contributed by atoms with Gasteiger partial charge in [-0.1, -0.05) is 36.3 Å². The van der Waals surface area contributed by atoms with E-state index in [1.165, 1.54) is 11.8 Å². The number of halogens is 1. The van der Waals surface area contributed by atoms with Crippen molar-refractivity contribution < 1.29 is 9.53 Å². The Morgan fingerprint density at radius 1 is 1.38 bits per heavy atom. The Kier molecular flexibility index (Phi) is 6.44. The maximum atomic E-state index is 12.8. The number of carbonyl (C=O) groups excluding carboxylic acids is 1. The number of hydrogen-bond donors (Lipinski definition) is 2. The monoisotopic (exact) mass is 434 g/mol. The summed E-state index contributed by atoms with van der Waals surface area (Å²) < 4.78 is 6.68. The minimum atomic E-state index is -0.339. The van der Waals surface area contributed by atoms with Crippen LogP contribution in [0.15, 0.2) is 23.0 Å². The molecule has 0 unspecified atom stereocenters. The van der Waals surface area contributed by atoms with Gasteiger partial charge in [0.25, 0.3) is 11.5 Å². The highest BCUT2D eigenvalue weighted by atomic mass is 35.5. The molecule has 2 N–H and O–H groups in total. The lowest BCUT2D eigenvalue weighted by atomic mass is 10.1. The summed E-state index contributed by atoms with van der Waals surface area (Å²) in [5.41, 5.74) is 2.47. The lowest BCUT2D eigenvalue weighted by Crippen LogP contribution is -2.17. The van der Waals surface area contributed by atoms with E-state index < -0.39 is 0 Å². The van der Waals surface area contributed by atoms with Crippen LogP contribution in [-0.4, -0.2) is 27.8 Å². The summed E-state index contributed by atoms with van der Waals surface area (Å²) in [4.78, 5) is 30.4. The van der Waals surface area contributed by atoms with Gasteiger partial charge in [-0.3, -0.25) is 14.7 Å². The first-order valence-corrected chi connectivity index (χ1v) is 10.5. The van der Waals surface area contributed by atoms with E-state index in [2.05, 4.69) is 22.3 Å². The molecule has 3 rings (SSSR count). The van der Waals surface area contributed by atoms with E-state index in [-0.39, 0.29) is 11.5 Å². The van der Waals surface area contributed by atoms with E-state index in [0.29, 0.717) is 32.2 Å². The van der Waals surface area contributed by atoms with Crippen LogP contribution < -0.4 is 15.6 Å². The van der Waals surface area contributed by atoms with E-state index in [4.69, 9.17) is 16.3 Å². The number of amides is 1. The number of aromatic nitrogens is 3. The fourth-order valence-corrected chi connectivity index (χ4v) is 4.10. The molecule has 0 bridgehead atoms. The quantitative estimate of drug-likeness (QED) is 0.573. The average Bonchev–Trinajstić information content (AvgIpc) is 3.20. The first kappa shape index (κ1) is 21.1. The number of nitrogens with zero attached hydrogens (tertiary/aromatic N) is 2. The Bertz CT molecular complexity index is 1100. The highest BCUT2D eigenvalue weighted by Crippen LogP contribution is 2.29. The average molecular weight is 435 g/mol. The fourth-order valence-electron chi connectivity index (χ4n) is 3.01. The number of benzene rings is 1. The predicted octanol–water partition coefficient (Wildman–Crippen LogP) is 4.50. The Balaban J connectivity index is 1.91. The maximum absolute atomic E-state index is 12.8. The van der Waals surface area contributed by atoms with Crippen LogP contribution >= 0.6 is 22.9 Å². The van der Waals surface area contributed by atoms with Crippen molar-refractivity contribution in [2.75, 3.05) is 12.4 Å². The Labute approximate surface area is 177 Å². The third-order valence-corrected chi connectivity index (χ3v) is 5.94. The van der Waals surface area contributed by atoms with Gasteiger partial charge in [-0.25, -0.2) is 4.98 Å². The summed E-state index contributed by atoms with van der Waals surface area (Å²) in [7, 11) is 1.52. The number of aryl methyl sites for hydroxylation is 2. The summed E-state index contributed by atoms with van der Waals surface area (Å²) in [6, 6.07) is 4.98. The Morgan fingerprint density at radius 3 is 2.83 bits per heavy atom. The van der Waals surface area contributed by atoms with E-state index >= 15 is 0 Å². The molecule has 1 amide bonds. The molecule has 2 aromatic heterocycles. The van der Waals surface area contributed by atoms with Crippen molar-refractivity contribution in [3.63, 3.8) is 0 Å². The molecule has 1 aromatic carbocycles. The molecule has 0 saturated carbocycles. The topological polar surface area (TPSA) is 89.0 Å². The zero-order chi connectivity index (χ0) is 21.1. The second kappa shape index (κ2) is 8.84. The number of H-pyrrole nitrogens is 1. The van der Waals surface area contributed by atoms with Gasteiger partial charge in [0.05, 0.1) is 18.5 Å². The first-order valence-electron chi connectivity index (χ1n) is 9.28. The van der Waals surface area contributed by atoms with Crippen molar-refractivity contribution in [3.05, 3.63) is 55.4 Å². The molecular weight excluding hydrogens is 412 g/mol. The third kappa shape index (κ3) is 4.38. The van der Waals surface area contributed by atoms with Crippen LogP contribution in [0.4, 0.5) is 5.69 Å². The van der Waals surface area contributed by atoms with Gasteiger partial charge >= 0.3 is 0 Å². The van der Waals surface area contributed by atoms with Crippen LogP contribution in [0.1, 0.15) is 46.4 Å². The summed E-state index contributed by atoms with van der Waals surface area (Å²) in [5.74, 6) is 0.163. The van der Waals surface area contributed by atoms with Gasteiger partial charge in [0.15, 0.2) is 0 Å². The molecule has 0 atom stereocenters. The standard InChI is InChI=1S/C20H23ClN4O3S/c1-5-6-7-14-11(2)24-25(19(14)27)20-22-12(3)17(29-20)18(26)23-15-10-13(21)8-9-16(15)28-4/h8-10,24H,5-7H2,1-4H3,(H,23,26). The number of aromatic amines is 1. The molecule has 154 valence electrons. The van der Waals surface area contributed by atoms with Crippen LogP contribution in [0.3, 0.4) is 0 Å². The van der Waals surface area contributed by atoms with E-state index in [1.54, 1.807) is 25.1 Å². The van der Waals surface area contributed by atoms with Crippen LogP contribution in [0.25, 0.3) is 5.13 Å². The van der Waals surface area contributed by atoms with Crippen LogP contribution in [0.5, 0.6) is 5.75 Å². The van der Waals surface area contributed by atoms with E-state index in [0.717, 1.165) is 41.9 Å². The number of unbranched alkanes of at least 4 members (excludes halogenated alkanes) is 1. The predicted molar refractivity (Wildman–Crippen MR) is 116 cm³/mol. The molecule has 3 aromatic rings. The molecule has 0 saturated heterocycles. The lowest BCUT2D eigenvalue weighted by molar-refractivity contribution is 0.102. The second-order valence-electron chi connectivity index (χ2n) is 6.67. The van der Waals surface area contributed by atoms with E-state index in [1.807, 2.05) is 6.92 Å². The number of nitrogens with one attached hydrogen (secondary N) is 2. The molecule has 0 radical (unpaired) electrons. The molecule has 2 heterocycles. The smallest absolute Gasteiger partial charge is 0.276 e. The van der Waals surface area contributed by atoms with Gasteiger partial charge in [0.2, 0.25) is 5.13 Å². The molecule has 7 nitrogen and oxygen atoms in total. The maximum Gasteiger partial charge on any atom is 0.276 e. The van der Waals surface area contributed by atoms with Gasteiger partial charge in [-0.05, 0) is 44.9 Å². The van der Waals surface area contributed by atoms with Crippen molar-refractivity contribution in [1.29, 1.82) is 0 Å². The molecule has 29 heavy (non-hydrogen) atoms. The summed E-state index contributed by atoms with van der Waals surface area (Å²) >= 11 is 7.18. The van der Waals surface area contributed by atoms with Gasteiger partial charge in [0.1, 0.15) is 10.6 Å². The number of anilines is 1.